The molecule has 0 aromatic rings. The average Bonchev–Trinajstić information content (AvgIpc) is 2.49. The first-order valence-electron chi connectivity index (χ1n) is 5.63. The molecule has 0 heterocycles. The summed E-state index contributed by atoms with van der Waals surface area (Å²) in [5, 5.41) is 2.64. The van der Waals surface area contributed by atoms with Crippen LogP contribution in [-0.4, -0.2) is 20.1 Å². The maximum atomic E-state index is 2.64. The zero-order valence-electron chi connectivity index (χ0n) is 10.1. The monoisotopic (exact) mass is 228 g/mol. The van der Waals surface area contributed by atoms with Crippen LogP contribution in [0.1, 0.15) is 25.7 Å². The molecule has 1 unspecified atom stereocenters. The SMILES string of the molecule is C[S+]([CH-][Si](C)(C)C)CC=C1CCCC1. The second-order valence-corrected chi connectivity index (χ2v) is 12.8. The van der Waals surface area contributed by atoms with Gasteiger partial charge in [-0.25, -0.2) is 0 Å². The van der Waals surface area contributed by atoms with Crippen molar-refractivity contribution in [3.63, 3.8) is 0 Å². The third kappa shape index (κ3) is 5.25. The van der Waals surface area contributed by atoms with Crippen LogP contribution in [0, 0.1) is 5.38 Å². The Morgan fingerprint density at radius 1 is 1.29 bits per heavy atom. The predicted octanol–water partition coefficient (Wildman–Crippen LogP) is 3.77. The number of allylic oxidation sites excluding steroid dienone is 1. The number of hydrogen-bond acceptors (Lipinski definition) is 0. The largest absolute Gasteiger partial charge is 0.169 e. The van der Waals surface area contributed by atoms with Crippen molar-refractivity contribution in [3.05, 3.63) is 17.0 Å². The summed E-state index contributed by atoms with van der Waals surface area (Å²) in [6.45, 7) is 7.29. The van der Waals surface area contributed by atoms with Crippen molar-refractivity contribution in [2.24, 2.45) is 0 Å². The van der Waals surface area contributed by atoms with E-state index in [1.54, 1.807) is 5.57 Å². The van der Waals surface area contributed by atoms with Crippen LogP contribution in [0.2, 0.25) is 19.6 Å². The minimum atomic E-state index is -0.939. The van der Waals surface area contributed by atoms with Gasteiger partial charge in [-0.15, -0.1) is 5.38 Å². The zero-order valence-corrected chi connectivity index (χ0v) is 11.9. The highest BCUT2D eigenvalue weighted by Gasteiger charge is 2.12. The molecule has 1 fully saturated rings. The quantitative estimate of drug-likeness (QED) is 0.297. The molecular formula is C12H24SSi. The highest BCUT2D eigenvalue weighted by Crippen LogP contribution is 2.24. The Bertz CT molecular complexity index is 195. The van der Waals surface area contributed by atoms with Gasteiger partial charge < -0.3 is 0 Å². The second-order valence-electron chi connectivity index (χ2n) is 5.41. The van der Waals surface area contributed by atoms with Crippen LogP contribution in [-0.2, 0) is 10.9 Å². The van der Waals surface area contributed by atoms with Gasteiger partial charge in [0.15, 0.2) is 0 Å². The summed E-state index contributed by atoms with van der Waals surface area (Å²) in [6.07, 6.45) is 10.5. The molecule has 0 bridgehead atoms. The molecule has 1 rings (SSSR count). The fraction of sp³-hybridized carbons (Fsp3) is 0.750. The van der Waals surface area contributed by atoms with Crippen LogP contribution in [0.25, 0.3) is 0 Å². The van der Waals surface area contributed by atoms with Crippen LogP contribution in [0.5, 0.6) is 0 Å². The molecule has 0 N–H and O–H groups in total. The van der Waals surface area contributed by atoms with Crippen molar-refractivity contribution in [1.82, 2.24) is 0 Å². The minimum absolute atomic E-state index is 0.525. The van der Waals surface area contributed by atoms with Gasteiger partial charge >= 0.3 is 0 Å². The first-order valence-corrected chi connectivity index (χ1v) is 11.1. The lowest BCUT2D eigenvalue weighted by Crippen LogP contribution is -2.27. The first-order chi connectivity index (χ1) is 6.47. The summed E-state index contributed by atoms with van der Waals surface area (Å²) in [7, 11) is -0.414. The fourth-order valence-electron chi connectivity index (χ4n) is 1.93. The Morgan fingerprint density at radius 2 is 1.86 bits per heavy atom. The lowest BCUT2D eigenvalue weighted by molar-refractivity contribution is 0.886. The Hall–Kier alpha value is 0.307. The second kappa shape index (κ2) is 5.41. The highest BCUT2D eigenvalue weighted by molar-refractivity contribution is 8.00. The van der Waals surface area contributed by atoms with Gasteiger partial charge in [-0.05, 0) is 31.8 Å². The van der Waals surface area contributed by atoms with E-state index in [-0.39, 0.29) is 0 Å². The highest BCUT2D eigenvalue weighted by atomic mass is 32.2. The van der Waals surface area contributed by atoms with Crippen LogP contribution < -0.4 is 0 Å². The molecule has 14 heavy (non-hydrogen) atoms. The maximum Gasteiger partial charge on any atom is 0.0970 e. The van der Waals surface area contributed by atoms with Crippen molar-refractivity contribution in [2.45, 2.75) is 45.3 Å². The predicted molar refractivity (Wildman–Crippen MR) is 72.4 cm³/mol. The number of rotatable bonds is 4. The van der Waals surface area contributed by atoms with Gasteiger partial charge in [-0.1, -0.05) is 33.3 Å². The van der Waals surface area contributed by atoms with Crippen molar-refractivity contribution in [3.8, 4) is 0 Å². The Morgan fingerprint density at radius 3 is 2.36 bits per heavy atom. The Kier molecular flexibility index (Phi) is 4.78. The molecule has 0 aromatic carbocycles. The molecule has 0 saturated heterocycles. The van der Waals surface area contributed by atoms with Crippen LogP contribution >= 0.6 is 0 Å². The average molecular weight is 228 g/mol. The van der Waals surface area contributed by atoms with E-state index < -0.39 is 8.07 Å². The van der Waals surface area contributed by atoms with Gasteiger partial charge in [0.25, 0.3) is 0 Å². The summed E-state index contributed by atoms with van der Waals surface area (Å²) < 4.78 is 0. The fourth-order valence-corrected chi connectivity index (χ4v) is 7.65. The topological polar surface area (TPSA) is 0 Å². The molecule has 1 aliphatic carbocycles. The van der Waals surface area contributed by atoms with Crippen molar-refractivity contribution in [2.75, 3.05) is 12.0 Å². The molecule has 0 spiro atoms. The minimum Gasteiger partial charge on any atom is -0.169 e. The smallest absolute Gasteiger partial charge is 0.0970 e. The molecule has 82 valence electrons. The van der Waals surface area contributed by atoms with E-state index in [9.17, 15) is 0 Å². The van der Waals surface area contributed by atoms with Gasteiger partial charge in [0.2, 0.25) is 0 Å². The Balaban J connectivity index is 2.26. The summed E-state index contributed by atoms with van der Waals surface area (Å²) in [5.41, 5.74) is 1.73. The van der Waals surface area contributed by atoms with Gasteiger partial charge in [-0.2, -0.15) is 10.9 Å². The molecule has 1 atom stereocenters. The molecule has 0 amide bonds. The molecule has 0 aromatic heterocycles. The van der Waals surface area contributed by atoms with E-state index in [1.807, 2.05) is 0 Å². The molecule has 0 nitrogen and oxygen atoms in total. The molecule has 0 aliphatic heterocycles. The zero-order chi connectivity index (χ0) is 10.6. The van der Waals surface area contributed by atoms with E-state index >= 15 is 0 Å². The Labute approximate surface area is 93.5 Å². The van der Waals surface area contributed by atoms with E-state index in [0.29, 0.717) is 10.9 Å². The summed E-state index contributed by atoms with van der Waals surface area (Å²) in [4.78, 5) is 0. The van der Waals surface area contributed by atoms with Gasteiger partial charge in [0.1, 0.15) is 0 Å². The van der Waals surface area contributed by atoms with Gasteiger partial charge in [-0.3, -0.25) is 0 Å². The number of hydrogen-bond donors (Lipinski definition) is 0. The van der Waals surface area contributed by atoms with Crippen LogP contribution in [0.3, 0.4) is 0 Å². The summed E-state index contributed by atoms with van der Waals surface area (Å²) >= 11 is 0. The van der Waals surface area contributed by atoms with E-state index in [4.69, 9.17) is 0 Å². The molecule has 1 aliphatic rings. The van der Waals surface area contributed by atoms with Gasteiger partial charge in [0, 0.05) is 0 Å². The van der Waals surface area contributed by atoms with Crippen molar-refractivity contribution >= 4 is 19.0 Å². The van der Waals surface area contributed by atoms with E-state index in [0.717, 1.165) is 0 Å². The molecule has 2 heteroatoms. The lowest BCUT2D eigenvalue weighted by atomic mass is 10.2. The van der Waals surface area contributed by atoms with Gasteiger partial charge in [0.05, 0.1) is 12.0 Å². The molecule has 1 saturated carbocycles. The maximum absolute atomic E-state index is 2.64. The van der Waals surface area contributed by atoms with Crippen LogP contribution in [0.4, 0.5) is 0 Å². The van der Waals surface area contributed by atoms with E-state index in [1.165, 1.54) is 31.4 Å². The molecule has 0 radical (unpaired) electrons. The van der Waals surface area contributed by atoms with Crippen molar-refractivity contribution < 1.29 is 0 Å². The standard InChI is InChI=1S/C12H24SSi/c1-13(11-14(2,3)4)10-9-12-7-5-6-8-12/h9,11H,5-8,10H2,1-4H3. The molecular weight excluding hydrogens is 204 g/mol. The summed E-state index contributed by atoms with van der Waals surface area (Å²) in [6, 6.07) is 0. The summed E-state index contributed by atoms with van der Waals surface area (Å²) in [5.74, 6) is 1.31. The first kappa shape index (κ1) is 12.4. The van der Waals surface area contributed by atoms with E-state index in [2.05, 4.69) is 37.3 Å². The van der Waals surface area contributed by atoms with Crippen LogP contribution in [0.15, 0.2) is 11.6 Å². The normalized spacial score (nSPS) is 19.9. The third-order valence-electron chi connectivity index (χ3n) is 2.44. The third-order valence-corrected chi connectivity index (χ3v) is 7.57. The van der Waals surface area contributed by atoms with Crippen molar-refractivity contribution in [1.29, 1.82) is 0 Å². The lowest BCUT2D eigenvalue weighted by Gasteiger charge is -2.25.